The first-order valence-corrected chi connectivity index (χ1v) is 4.41. The standard InChI is InChI=1S/C7H5BrClF2NO/c1-13-3-2-12-6(7(10)11)4(8)5(3)9/h2,7H,1H3. The summed E-state index contributed by atoms with van der Waals surface area (Å²) in [5.74, 6) is 0.262. The Hall–Kier alpha value is -0.420. The van der Waals surface area contributed by atoms with Gasteiger partial charge in [0, 0.05) is 0 Å². The van der Waals surface area contributed by atoms with Crippen LogP contribution in [0.5, 0.6) is 5.75 Å². The van der Waals surface area contributed by atoms with Gasteiger partial charge in [-0.15, -0.1) is 0 Å². The summed E-state index contributed by atoms with van der Waals surface area (Å²) in [5, 5.41) is 0.104. The van der Waals surface area contributed by atoms with Gasteiger partial charge in [0.2, 0.25) is 0 Å². The number of hydrogen-bond donors (Lipinski definition) is 0. The summed E-state index contributed by atoms with van der Waals surface area (Å²) in [5.41, 5.74) is -0.384. The number of methoxy groups -OCH3 is 1. The van der Waals surface area contributed by atoms with Crippen molar-refractivity contribution in [2.45, 2.75) is 6.43 Å². The molecule has 2 nitrogen and oxygen atoms in total. The molecule has 0 aromatic carbocycles. The highest BCUT2D eigenvalue weighted by atomic mass is 79.9. The lowest BCUT2D eigenvalue weighted by Crippen LogP contribution is -1.95. The van der Waals surface area contributed by atoms with Crippen LogP contribution in [0.1, 0.15) is 12.1 Å². The van der Waals surface area contributed by atoms with Crippen molar-refractivity contribution in [1.82, 2.24) is 4.98 Å². The molecule has 1 rings (SSSR count). The number of nitrogens with zero attached hydrogens (tertiary/aromatic N) is 1. The summed E-state index contributed by atoms with van der Waals surface area (Å²) in [6.07, 6.45) is -1.49. The van der Waals surface area contributed by atoms with Crippen LogP contribution in [0.25, 0.3) is 0 Å². The van der Waals surface area contributed by atoms with E-state index in [9.17, 15) is 8.78 Å². The third-order valence-corrected chi connectivity index (χ3v) is 2.79. The molecule has 0 saturated heterocycles. The average Bonchev–Trinajstić information content (AvgIpc) is 2.09. The van der Waals surface area contributed by atoms with Gasteiger partial charge in [0.25, 0.3) is 6.43 Å². The van der Waals surface area contributed by atoms with Crippen molar-refractivity contribution in [2.75, 3.05) is 7.11 Å². The second kappa shape index (κ2) is 4.19. The Morgan fingerprint density at radius 3 is 2.69 bits per heavy atom. The van der Waals surface area contributed by atoms with Crippen molar-refractivity contribution >= 4 is 27.5 Å². The summed E-state index contributed by atoms with van der Waals surface area (Å²) < 4.78 is 29.4. The average molecular weight is 272 g/mol. The van der Waals surface area contributed by atoms with Crippen molar-refractivity contribution in [3.63, 3.8) is 0 Å². The molecule has 1 heterocycles. The predicted molar refractivity (Wildman–Crippen MR) is 48.5 cm³/mol. The van der Waals surface area contributed by atoms with Crippen LogP contribution in [0.2, 0.25) is 5.02 Å². The van der Waals surface area contributed by atoms with Crippen LogP contribution in [0.3, 0.4) is 0 Å². The molecule has 0 amide bonds. The Labute approximate surface area is 87.0 Å². The Morgan fingerprint density at radius 2 is 2.23 bits per heavy atom. The molecule has 0 atom stereocenters. The maximum Gasteiger partial charge on any atom is 0.281 e. The van der Waals surface area contributed by atoms with Crippen LogP contribution in [0.4, 0.5) is 8.78 Å². The summed E-state index contributed by atoms with van der Waals surface area (Å²) >= 11 is 8.62. The van der Waals surface area contributed by atoms with Gasteiger partial charge in [0.05, 0.1) is 17.8 Å². The molecular formula is C7H5BrClF2NO. The zero-order valence-corrected chi connectivity index (χ0v) is 8.86. The summed E-state index contributed by atoms with van der Waals surface area (Å²) in [6, 6.07) is 0. The van der Waals surface area contributed by atoms with Gasteiger partial charge in [-0.3, -0.25) is 4.98 Å². The molecule has 6 heteroatoms. The maximum atomic E-state index is 12.3. The smallest absolute Gasteiger partial charge is 0.281 e. The van der Waals surface area contributed by atoms with Gasteiger partial charge in [0.1, 0.15) is 10.7 Å². The van der Waals surface area contributed by atoms with Gasteiger partial charge in [-0.05, 0) is 15.9 Å². The highest BCUT2D eigenvalue weighted by Gasteiger charge is 2.18. The van der Waals surface area contributed by atoms with Gasteiger partial charge in [-0.25, -0.2) is 8.78 Å². The third kappa shape index (κ3) is 2.08. The quantitative estimate of drug-likeness (QED) is 0.823. The van der Waals surface area contributed by atoms with E-state index in [0.717, 1.165) is 6.20 Å². The van der Waals surface area contributed by atoms with E-state index in [-0.39, 0.29) is 20.9 Å². The third-order valence-electron chi connectivity index (χ3n) is 1.38. The van der Waals surface area contributed by atoms with Crippen molar-refractivity contribution in [1.29, 1.82) is 0 Å². The van der Waals surface area contributed by atoms with E-state index in [0.29, 0.717) is 0 Å². The van der Waals surface area contributed by atoms with E-state index in [1.807, 2.05) is 0 Å². The molecule has 1 aromatic heterocycles. The van der Waals surface area contributed by atoms with Gasteiger partial charge < -0.3 is 4.74 Å². The molecule has 0 N–H and O–H groups in total. The van der Waals surface area contributed by atoms with Gasteiger partial charge in [-0.1, -0.05) is 11.6 Å². The Kier molecular flexibility index (Phi) is 3.44. The molecule has 0 bridgehead atoms. The van der Waals surface area contributed by atoms with Gasteiger partial charge >= 0.3 is 0 Å². The van der Waals surface area contributed by atoms with Crippen LogP contribution < -0.4 is 4.74 Å². The Morgan fingerprint density at radius 1 is 1.62 bits per heavy atom. The van der Waals surface area contributed by atoms with Crippen molar-refractivity contribution in [3.8, 4) is 5.75 Å². The molecule has 0 saturated carbocycles. The number of rotatable bonds is 2. The summed E-state index contributed by atoms with van der Waals surface area (Å²) in [6.45, 7) is 0. The minimum Gasteiger partial charge on any atom is -0.494 e. The van der Waals surface area contributed by atoms with Crippen LogP contribution in [0.15, 0.2) is 10.7 Å². The van der Waals surface area contributed by atoms with Crippen LogP contribution in [-0.2, 0) is 0 Å². The van der Waals surface area contributed by atoms with Crippen molar-refractivity contribution < 1.29 is 13.5 Å². The first-order chi connectivity index (χ1) is 6.07. The zero-order valence-electron chi connectivity index (χ0n) is 6.52. The fraction of sp³-hybridized carbons (Fsp3) is 0.286. The fourth-order valence-electron chi connectivity index (χ4n) is 0.757. The highest BCUT2D eigenvalue weighted by Crippen LogP contribution is 2.36. The SMILES string of the molecule is COc1cnc(C(F)F)c(Br)c1Cl. The van der Waals surface area contributed by atoms with Gasteiger partial charge in [0.15, 0.2) is 5.75 Å². The molecule has 1 aromatic rings. The number of halogens is 4. The number of ether oxygens (including phenoxy) is 1. The minimum absolute atomic E-state index is 0.0727. The van der Waals surface area contributed by atoms with Crippen molar-refractivity contribution in [2.24, 2.45) is 0 Å². The number of alkyl halides is 2. The topological polar surface area (TPSA) is 22.1 Å². The molecule has 0 spiro atoms. The molecule has 0 aliphatic heterocycles. The lowest BCUT2D eigenvalue weighted by Gasteiger charge is -2.07. The molecular weight excluding hydrogens is 267 g/mol. The Bertz CT molecular complexity index is 322. The molecule has 13 heavy (non-hydrogen) atoms. The molecule has 72 valence electrons. The van der Waals surface area contributed by atoms with Crippen molar-refractivity contribution in [3.05, 3.63) is 21.4 Å². The predicted octanol–water partition coefficient (Wildman–Crippen LogP) is 3.44. The van der Waals surface area contributed by atoms with Crippen LogP contribution >= 0.6 is 27.5 Å². The maximum absolute atomic E-state index is 12.3. The van der Waals surface area contributed by atoms with E-state index in [4.69, 9.17) is 16.3 Å². The molecule has 0 aliphatic rings. The normalized spacial score (nSPS) is 10.6. The van der Waals surface area contributed by atoms with E-state index >= 15 is 0 Å². The molecule has 0 aliphatic carbocycles. The highest BCUT2D eigenvalue weighted by molar-refractivity contribution is 9.10. The van der Waals surface area contributed by atoms with E-state index in [1.54, 1.807) is 0 Å². The van der Waals surface area contributed by atoms with Crippen LogP contribution in [0, 0.1) is 0 Å². The lowest BCUT2D eigenvalue weighted by molar-refractivity contribution is 0.145. The zero-order chi connectivity index (χ0) is 10.0. The number of aromatic nitrogens is 1. The molecule has 0 radical (unpaired) electrons. The molecule has 0 unspecified atom stereocenters. The first-order valence-electron chi connectivity index (χ1n) is 3.24. The molecule has 0 fully saturated rings. The second-order valence-corrected chi connectivity index (χ2v) is 3.31. The van der Waals surface area contributed by atoms with Gasteiger partial charge in [-0.2, -0.15) is 0 Å². The Balaban J connectivity index is 3.23. The fourth-order valence-corrected chi connectivity index (χ4v) is 1.45. The summed E-state index contributed by atoms with van der Waals surface area (Å²) in [4.78, 5) is 3.50. The number of hydrogen-bond acceptors (Lipinski definition) is 2. The van der Waals surface area contributed by atoms with Crippen LogP contribution in [-0.4, -0.2) is 12.1 Å². The number of pyridine rings is 1. The second-order valence-electron chi connectivity index (χ2n) is 2.14. The first kappa shape index (κ1) is 10.7. The lowest BCUT2D eigenvalue weighted by atomic mass is 10.3. The summed E-state index contributed by atoms with van der Waals surface area (Å²) in [7, 11) is 1.39. The monoisotopic (exact) mass is 271 g/mol. The minimum atomic E-state index is -2.65. The van der Waals surface area contributed by atoms with E-state index in [2.05, 4.69) is 20.9 Å². The van der Waals surface area contributed by atoms with E-state index < -0.39 is 6.43 Å². The largest absolute Gasteiger partial charge is 0.494 e. The van der Waals surface area contributed by atoms with E-state index in [1.165, 1.54) is 7.11 Å².